The summed E-state index contributed by atoms with van der Waals surface area (Å²) in [5, 5.41) is 1.51. The zero-order valence-electron chi connectivity index (χ0n) is 8.79. The second-order valence-electron chi connectivity index (χ2n) is 3.66. The molecule has 0 bridgehead atoms. The molecule has 0 saturated carbocycles. The molecule has 17 heavy (non-hydrogen) atoms. The molecule has 1 unspecified atom stereocenters. The smallest absolute Gasteiger partial charge is 0.197 e. The topological polar surface area (TPSA) is 39.2 Å². The Morgan fingerprint density at radius 1 is 1.12 bits per heavy atom. The molecule has 90 valence electrons. The van der Waals surface area contributed by atoms with Crippen molar-refractivity contribution in [2.75, 3.05) is 0 Å². The monoisotopic (exact) mass is 289 g/mol. The van der Waals surface area contributed by atoms with Crippen LogP contribution in [0.2, 0.25) is 15.3 Å². The number of rotatable bonds is 3. The molecular weight excluding hydrogens is 280 g/mol. The summed E-state index contributed by atoms with van der Waals surface area (Å²) in [6.07, 6.45) is 2.02. The van der Waals surface area contributed by atoms with E-state index in [1.807, 2.05) is 0 Å². The molecule has 1 atom stereocenters. The number of nitrogens with two attached hydrogens (primary N) is 1. The molecule has 0 saturated heterocycles. The van der Waals surface area contributed by atoms with Gasteiger partial charge in [0.1, 0.15) is 0 Å². The van der Waals surface area contributed by atoms with E-state index in [-0.39, 0.29) is 6.04 Å². The molecule has 1 aromatic heterocycles. The van der Waals surface area contributed by atoms with Crippen LogP contribution in [-0.2, 0) is 6.42 Å². The van der Waals surface area contributed by atoms with Gasteiger partial charge in [-0.15, -0.1) is 0 Å². The largest absolute Gasteiger partial charge is 0.453 e. The lowest BCUT2D eigenvalue weighted by Crippen LogP contribution is -2.13. The highest BCUT2D eigenvalue weighted by molar-refractivity contribution is 6.36. The maximum Gasteiger partial charge on any atom is 0.197 e. The minimum atomic E-state index is -0.293. The summed E-state index contributed by atoms with van der Waals surface area (Å²) in [5.74, 6) is 0. The van der Waals surface area contributed by atoms with E-state index in [1.165, 1.54) is 6.26 Å². The van der Waals surface area contributed by atoms with Gasteiger partial charge in [0, 0.05) is 21.7 Å². The Morgan fingerprint density at radius 3 is 2.29 bits per heavy atom. The average Bonchev–Trinajstić information content (AvgIpc) is 2.70. The van der Waals surface area contributed by atoms with Crippen molar-refractivity contribution in [2.24, 2.45) is 5.73 Å². The third kappa shape index (κ3) is 2.78. The first-order valence-electron chi connectivity index (χ1n) is 5.01. The zero-order valence-corrected chi connectivity index (χ0v) is 11.1. The standard InChI is InChI=1S/C12H10Cl3NO/c13-9-2-1-3-10(14)8(9)6-11(16)7-4-5-17-12(7)15/h1-5,11H,6,16H2. The summed E-state index contributed by atoms with van der Waals surface area (Å²) in [6.45, 7) is 0. The predicted octanol–water partition coefficient (Wildman–Crippen LogP) is 4.48. The first-order valence-corrected chi connectivity index (χ1v) is 6.14. The third-order valence-electron chi connectivity index (χ3n) is 2.53. The molecule has 2 nitrogen and oxygen atoms in total. The summed E-state index contributed by atoms with van der Waals surface area (Å²) in [4.78, 5) is 0. The van der Waals surface area contributed by atoms with E-state index in [0.717, 1.165) is 11.1 Å². The van der Waals surface area contributed by atoms with Gasteiger partial charge in [-0.1, -0.05) is 29.3 Å². The van der Waals surface area contributed by atoms with E-state index >= 15 is 0 Å². The van der Waals surface area contributed by atoms with Crippen molar-refractivity contribution in [1.29, 1.82) is 0 Å². The number of benzene rings is 1. The summed E-state index contributed by atoms with van der Waals surface area (Å²) < 4.78 is 5.00. The molecule has 0 amide bonds. The summed E-state index contributed by atoms with van der Waals surface area (Å²) in [7, 11) is 0. The lowest BCUT2D eigenvalue weighted by atomic mass is 10.0. The average molecular weight is 291 g/mol. The molecular formula is C12H10Cl3NO. The van der Waals surface area contributed by atoms with Gasteiger partial charge >= 0.3 is 0 Å². The van der Waals surface area contributed by atoms with E-state index in [1.54, 1.807) is 24.3 Å². The number of hydrogen-bond donors (Lipinski definition) is 1. The molecule has 1 aromatic carbocycles. The van der Waals surface area contributed by atoms with Gasteiger partial charge in [-0.05, 0) is 41.8 Å². The van der Waals surface area contributed by atoms with Gasteiger partial charge in [0.25, 0.3) is 0 Å². The first kappa shape index (κ1) is 12.8. The van der Waals surface area contributed by atoms with E-state index in [4.69, 9.17) is 45.0 Å². The molecule has 1 heterocycles. The minimum absolute atomic E-state index is 0.293. The van der Waals surface area contributed by atoms with Crippen LogP contribution in [0.25, 0.3) is 0 Å². The molecule has 2 rings (SSSR count). The Kier molecular flexibility index (Phi) is 4.00. The highest BCUT2D eigenvalue weighted by atomic mass is 35.5. The maximum atomic E-state index is 6.08. The molecule has 0 aliphatic carbocycles. The Morgan fingerprint density at radius 2 is 1.76 bits per heavy atom. The number of furan rings is 1. The highest BCUT2D eigenvalue weighted by Crippen LogP contribution is 2.30. The summed E-state index contributed by atoms with van der Waals surface area (Å²) in [6, 6.07) is 6.82. The fourth-order valence-corrected chi connectivity index (χ4v) is 2.43. The lowest BCUT2D eigenvalue weighted by molar-refractivity contribution is 0.560. The minimum Gasteiger partial charge on any atom is -0.453 e. The van der Waals surface area contributed by atoms with Crippen LogP contribution in [0.15, 0.2) is 34.9 Å². The van der Waals surface area contributed by atoms with Crippen molar-refractivity contribution >= 4 is 34.8 Å². The van der Waals surface area contributed by atoms with Crippen molar-refractivity contribution in [1.82, 2.24) is 0 Å². The SMILES string of the molecule is NC(Cc1c(Cl)cccc1Cl)c1ccoc1Cl. The molecule has 2 N–H and O–H groups in total. The molecule has 0 aliphatic rings. The van der Waals surface area contributed by atoms with Crippen LogP contribution < -0.4 is 5.73 Å². The first-order chi connectivity index (χ1) is 8.09. The van der Waals surface area contributed by atoms with Crippen LogP contribution in [0.1, 0.15) is 17.2 Å². The molecule has 0 fully saturated rings. The van der Waals surface area contributed by atoms with Crippen LogP contribution in [0.5, 0.6) is 0 Å². The Bertz CT molecular complexity index is 504. The quantitative estimate of drug-likeness (QED) is 0.905. The zero-order chi connectivity index (χ0) is 12.4. The van der Waals surface area contributed by atoms with E-state index in [9.17, 15) is 0 Å². The van der Waals surface area contributed by atoms with E-state index < -0.39 is 0 Å². The van der Waals surface area contributed by atoms with Crippen molar-refractivity contribution in [2.45, 2.75) is 12.5 Å². The number of hydrogen-bond acceptors (Lipinski definition) is 2. The van der Waals surface area contributed by atoms with Crippen LogP contribution in [-0.4, -0.2) is 0 Å². The number of halogens is 3. The van der Waals surface area contributed by atoms with Crippen LogP contribution in [0.4, 0.5) is 0 Å². The van der Waals surface area contributed by atoms with Crippen molar-refractivity contribution in [3.05, 3.63) is 56.9 Å². The molecule has 0 aliphatic heterocycles. The molecule has 0 radical (unpaired) electrons. The van der Waals surface area contributed by atoms with Gasteiger partial charge in [-0.2, -0.15) is 0 Å². The van der Waals surface area contributed by atoms with Crippen molar-refractivity contribution in [3.63, 3.8) is 0 Å². The summed E-state index contributed by atoms with van der Waals surface area (Å²) >= 11 is 18.0. The predicted molar refractivity (Wildman–Crippen MR) is 70.8 cm³/mol. The van der Waals surface area contributed by atoms with Crippen molar-refractivity contribution in [3.8, 4) is 0 Å². The van der Waals surface area contributed by atoms with Crippen molar-refractivity contribution < 1.29 is 4.42 Å². The van der Waals surface area contributed by atoms with Gasteiger partial charge < -0.3 is 10.2 Å². The third-order valence-corrected chi connectivity index (χ3v) is 3.55. The lowest BCUT2D eigenvalue weighted by Gasteiger charge is -2.12. The van der Waals surface area contributed by atoms with Gasteiger partial charge in [0.05, 0.1) is 6.26 Å². The Balaban J connectivity index is 2.25. The second kappa shape index (κ2) is 5.32. The molecule has 2 aromatic rings. The van der Waals surface area contributed by atoms with Gasteiger partial charge in [0.2, 0.25) is 0 Å². The normalized spacial score (nSPS) is 12.7. The summed E-state index contributed by atoms with van der Waals surface area (Å²) in [5.41, 5.74) is 7.62. The van der Waals surface area contributed by atoms with E-state index in [2.05, 4.69) is 0 Å². The Hall–Kier alpha value is -0.670. The van der Waals surface area contributed by atoms with Gasteiger partial charge in [-0.25, -0.2) is 0 Å². The van der Waals surface area contributed by atoms with E-state index in [0.29, 0.717) is 21.7 Å². The van der Waals surface area contributed by atoms with Crippen LogP contribution in [0.3, 0.4) is 0 Å². The fraction of sp³-hybridized carbons (Fsp3) is 0.167. The van der Waals surface area contributed by atoms with Crippen LogP contribution in [0, 0.1) is 0 Å². The molecule has 0 spiro atoms. The second-order valence-corrected chi connectivity index (χ2v) is 4.82. The fourth-order valence-electron chi connectivity index (χ4n) is 1.63. The highest BCUT2D eigenvalue weighted by Gasteiger charge is 2.16. The Labute approximate surface area is 114 Å². The van der Waals surface area contributed by atoms with Gasteiger partial charge in [0.15, 0.2) is 5.22 Å². The maximum absolute atomic E-state index is 6.08. The molecule has 5 heteroatoms. The van der Waals surface area contributed by atoms with Gasteiger partial charge in [-0.3, -0.25) is 0 Å². The van der Waals surface area contributed by atoms with Crippen LogP contribution >= 0.6 is 34.8 Å².